The molecule has 1 unspecified atom stereocenters. The summed E-state index contributed by atoms with van der Waals surface area (Å²) >= 11 is 0. The summed E-state index contributed by atoms with van der Waals surface area (Å²) in [5.74, 6) is 1.74. The zero-order valence-electron chi connectivity index (χ0n) is 14.0. The van der Waals surface area contributed by atoms with Crippen molar-refractivity contribution in [3.05, 3.63) is 35.4 Å². The van der Waals surface area contributed by atoms with E-state index in [9.17, 15) is 9.90 Å². The maximum atomic E-state index is 12.0. The summed E-state index contributed by atoms with van der Waals surface area (Å²) in [6.45, 7) is 5.50. The van der Waals surface area contributed by atoms with Gasteiger partial charge in [0.25, 0.3) is 0 Å². The molecule has 0 bridgehead atoms. The molecule has 7 nitrogen and oxygen atoms in total. The smallest absolute Gasteiger partial charge is 0.320 e. The molecule has 3 N–H and O–H groups in total. The highest BCUT2D eigenvalue weighted by atomic mass is 16.4. The van der Waals surface area contributed by atoms with Gasteiger partial charge in [0.2, 0.25) is 0 Å². The fourth-order valence-corrected chi connectivity index (χ4v) is 2.25. The minimum absolute atomic E-state index is 0.0332. The zero-order chi connectivity index (χ0) is 17.0. The maximum absolute atomic E-state index is 12.0. The topological polar surface area (TPSA) is 92.3 Å². The molecule has 23 heavy (non-hydrogen) atoms. The number of aromatic nitrogens is 2. The first-order chi connectivity index (χ1) is 10.8. The molecule has 0 radical (unpaired) electrons. The van der Waals surface area contributed by atoms with Crippen LogP contribution < -0.4 is 10.6 Å². The average Bonchev–Trinajstić information content (AvgIpc) is 3.05. The Morgan fingerprint density at radius 1 is 1.48 bits per heavy atom. The van der Waals surface area contributed by atoms with Crippen LogP contribution in [0.5, 0.6) is 0 Å². The number of carbonyl (C=O) groups is 1. The molecule has 0 aromatic carbocycles. The lowest BCUT2D eigenvalue weighted by Crippen LogP contribution is -2.40. The summed E-state index contributed by atoms with van der Waals surface area (Å²) in [6.07, 6.45) is 1.86. The predicted molar refractivity (Wildman–Crippen MR) is 87.2 cm³/mol. The minimum atomic E-state index is -1.27. The van der Waals surface area contributed by atoms with Crippen molar-refractivity contribution in [2.45, 2.75) is 39.2 Å². The van der Waals surface area contributed by atoms with Crippen molar-refractivity contribution >= 4 is 11.8 Å². The molecule has 0 spiro atoms. The molecule has 2 rings (SSSR count). The average molecular weight is 320 g/mol. The van der Waals surface area contributed by atoms with E-state index in [2.05, 4.69) is 22.7 Å². The molecule has 2 amide bonds. The van der Waals surface area contributed by atoms with Crippen molar-refractivity contribution in [2.24, 2.45) is 7.05 Å². The van der Waals surface area contributed by atoms with Gasteiger partial charge in [0, 0.05) is 13.1 Å². The number of aryl methyl sites for hydroxylation is 3. The summed E-state index contributed by atoms with van der Waals surface area (Å²) in [7, 11) is 1.77. The number of furan rings is 1. The van der Waals surface area contributed by atoms with Gasteiger partial charge >= 0.3 is 6.03 Å². The molecular weight excluding hydrogens is 296 g/mol. The third kappa shape index (κ3) is 4.35. The second-order valence-corrected chi connectivity index (χ2v) is 5.89. The van der Waals surface area contributed by atoms with E-state index in [-0.39, 0.29) is 6.54 Å². The third-order valence-electron chi connectivity index (χ3n) is 3.54. The van der Waals surface area contributed by atoms with Crippen LogP contribution in [0.25, 0.3) is 0 Å². The van der Waals surface area contributed by atoms with Gasteiger partial charge < -0.3 is 14.8 Å². The van der Waals surface area contributed by atoms with Crippen molar-refractivity contribution < 1.29 is 14.3 Å². The van der Waals surface area contributed by atoms with E-state index in [0.29, 0.717) is 17.3 Å². The molecule has 7 heteroatoms. The van der Waals surface area contributed by atoms with Crippen LogP contribution in [0.1, 0.15) is 37.5 Å². The van der Waals surface area contributed by atoms with Crippen molar-refractivity contribution in [1.82, 2.24) is 15.1 Å². The number of amides is 2. The molecule has 126 valence electrons. The van der Waals surface area contributed by atoms with Crippen LogP contribution in [0.4, 0.5) is 10.6 Å². The molecular formula is C16H24N4O3. The van der Waals surface area contributed by atoms with Gasteiger partial charge in [-0.3, -0.25) is 10.00 Å². The molecule has 0 aliphatic rings. The number of nitrogens with zero attached hydrogens (tertiary/aromatic N) is 2. The van der Waals surface area contributed by atoms with Gasteiger partial charge in [-0.05, 0) is 32.4 Å². The summed E-state index contributed by atoms with van der Waals surface area (Å²) in [4.78, 5) is 12.0. The molecule has 1 atom stereocenters. The van der Waals surface area contributed by atoms with E-state index in [0.717, 1.165) is 18.5 Å². The first-order valence-corrected chi connectivity index (χ1v) is 7.69. The number of aliphatic hydroxyl groups is 1. The number of nitrogens with one attached hydrogen (secondary N) is 2. The Morgan fingerprint density at radius 3 is 2.83 bits per heavy atom. The molecule has 0 fully saturated rings. The van der Waals surface area contributed by atoms with Crippen LogP contribution in [0.2, 0.25) is 0 Å². The second-order valence-electron chi connectivity index (χ2n) is 5.89. The highest BCUT2D eigenvalue weighted by Gasteiger charge is 2.27. The Balaban J connectivity index is 1.92. The maximum Gasteiger partial charge on any atom is 0.320 e. The van der Waals surface area contributed by atoms with Gasteiger partial charge in [-0.1, -0.05) is 13.3 Å². The molecule has 2 aromatic rings. The van der Waals surface area contributed by atoms with E-state index < -0.39 is 11.6 Å². The lowest BCUT2D eigenvalue weighted by atomic mass is 10.0. The highest BCUT2D eigenvalue weighted by Crippen LogP contribution is 2.22. The third-order valence-corrected chi connectivity index (χ3v) is 3.54. The van der Waals surface area contributed by atoms with Crippen molar-refractivity contribution in [3.63, 3.8) is 0 Å². The Morgan fingerprint density at radius 2 is 2.22 bits per heavy atom. The number of carbonyl (C=O) groups excluding carboxylic acids is 1. The van der Waals surface area contributed by atoms with Crippen LogP contribution in [-0.4, -0.2) is 27.5 Å². The lowest BCUT2D eigenvalue weighted by molar-refractivity contribution is 0.0364. The van der Waals surface area contributed by atoms with Gasteiger partial charge in [-0.2, -0.15) is 5.10 Å². The number of urea groups is 1. The molecule has 2 aromatic heterocycles. The molecule has 2 heterocycles. The number of hydrogen-bond donors (Lipinski definition) is 3. The van der Waals surface area contributed by atoms with Gasteiger partial charge in [0.1, 0.15) is 22.9 Å². The molecule has 0 aliphatic carbocycles. The summed E-state index contributed by atoms with van der Waals surface area (Å²) in [5, 5.41) is 20.1. The van der Waals surface area contributed by atoms with Crippen LogP contribution in [0.3, 0.4) is 0 Å². The van der Waals surface area contributed by atoms with E-state index in [1.54, 1.807) is 37.7 Å². The quantitative estimate of drug-likeness (QED) is 0.761. The largest absolute Gasteiger partial charge is 0.463 e. The number of hydrogen-bond acceptors (Lipinski definition) is 4. The first-order valence-electron chi connectivity index (χ1n) is 7.69. The first kappa shape index (κ1) is 17.1. The Bertz CT molecular complexity index is 673. The van der Waals surface area contributed by atoms with E-state index in [1.807, 2.05) is 6.07 Å². The predicted octanol–water partition coefficient (Wildman–Crippen LogP) is 2.30. The second kappa shape index (κ2) is 6.87. The van der Waals surface area contributed by atoms with Crippen LogP contribution in [0, 0.1) is 6.92 Å². The van der Waals surface area contributed by atoms with Crippen molar-refractivity contribution in [3.8, 4) is 0 Å². The molecule has 0 saturated carbocycles. The monoisotopic (exact) mass is 320 g/mol. The summed E-state index contributed by atoms with van der Waals surface area (Å²) in [5.41, 5.74) is -0.339. The molecule has 0 saturated heterocycles. The van der Waals surface area contributed by atoms with Gasteiger partial charge in [-0.25, -0.2) is 4.79 Å². The highest BCUT2D eigenvalue weighted by molar-refractivity contribution is 5.88. The van der Waals surface area contributed by atoms with Crippen LogP contribution >= 0.6 is 0 Å². The Kier molecular flexibility index (Phi) is 5.10. The van der Waals surface area contributed by atoms with Crippen LogP contribution in [0.15, 0.2) is 22.6 Å². The van der Waals surface area contributed by atoms with Gasteiger partial charge in [0.15, 0.2) is 0 Å². The van der Waals surface area contributed by atoms with E-state index >= 15 is 0 Å². The van der Waals surface area contributed by atoms with Gasteiger partial charge in [0.05, 0.1) is 12.2 Å². The fourth-order valence-electron chi connectivity index (χ4n) is 2.25. The fraction of sp³-hybridized carbons (Fsp3) is 0.500. The Hall–Kier alpha value is -2.28. The number of anilines is 1. The zero-order valence-corrected chi connectivity index (χ0v) is 14.0. The van der Waals surface area contributed by atoms with E-state index in [1.165, 1.54) is 0 Å². The Labute approximate surface area is 135 Å². The van der Waals surface area contributed by atoms with Crippen molar-refractivity contribution in [2.75, 3.05) is 11.9 Å². The van der Waals surface area contributed by atoms with E-state index in [4.69, 9.17) is 4.42 Å². The summed E-state index contributed by atoms with van der Waals surface area (Å²) < 4.78 is 7.04. The van der Waals surface area contributed by atoms with Gasteiger partial charge in [-0.15, -0.1) is 0 Å². The standard InChI is InChI=1S/C16H24N4O3/c1-5-6-12-9-14(20(4)19-12)18-15(21)17-10-16(3,22)13-8-7-11(2)23-13/h7-9,22H,5-6,10H2,1-4H3,(H2,17,18,21). The molecule has 0 aliphatic heterocycles. The van der Waals surface area contributed by atoms with Crippen LogP contribution in [-0.2, 0) is 19.1 Å². The SMILES string of the molecule is CCCc1cc(NC(=O)NCC(C)(O)c2ccc(C)o2)n(C)n1. The lowest BCUT2D eigenvalue weighted by Gasteiger charge is -2.21. The minimum Gasteiger partial charge on any atom is -0.463 e. The summed E-state index contributed by atoms with van der Waals surface area (Å²) in [6, 6.07) is 4.92. The normalized spacial score (nSPS) is 13.6. The van der Waals surface area contributed by atoms with Crippen molar-refractivity contribution in [1.29, 1.82) is 0 Å². The number of rotatable bonds is 6.